The van der Waals surface area contributed by atoms with Gasteiger partial charge in [-0.2, -0.15) is 0 Å². The first-order chi connectivity index (χ1) is 8.97. The Morgan fingerprint density at radius 2 is 1.63 bits per heavy atom. The second-order valence-electron chi connectivity index (χ2n) is 6.30. The smallest absolute Gasteiger partial charge is 0.326 e. The van der Waals surface area contributed by atoms with Gasteiger partial charge in [-0.25, -0.2) is 9.59 Å². The molecule has 1 atom stereocenters. The molecule has 2 rings (SSSR count). The van der Waals surface area contributed by atoms with E-state index in [0.717, 1.165) is 13.1 Å². The number of urea groups is 1. The topological polar surface area (TPSA) is 69.6 Å². The van der Waals surface area contributed by atoms with Crippen molar-refractivity contribution in [1.29, 1.82) is 0 Å². The van der Waals surface area contributed by atoms with Gasteiger partial charge >= 0.3 is 12.0 Å². The zero-order valence-electron chi connectivity index (χ0n) is 11.8. The number of rotatable bonds is 7. The summed E-state index contributed by atoms with van der Waals surface area (Å²) < 4.78 is 0. The molecule has 1 unspecified atom stereocenters. The molecule has 2 saturated carbocycles. The Balaban J connectivity index is 1.90. The predicted molar refractivity (Wildman–Crippen MR) is 71.8 cm³/mol. The van der Waals surface area contributed by atoms with Crippen LogP contribution in [0.25, 0.3) is 0 Å². The number of carbonyl (C=O) groups is 2. The van der Waals surface area contributed by atoms with Gasteiger partial charge in [-0.05, 0) is 43.4 Å². The number of hydrogen-bond acceptors (Lipinski definition) is 2. The van der Waals surface area contributed by atoms with Crippen LogP contribution in [0.3, 0.4) is 0 Å². The van der Waals surface area contributed by atoms with Crippen LogP contribution >= 0.6 is 0 Å². The summed E-state index contributed by atoms with van der Waals surface area (Å²) in [6.45, 7) is 5.19. The van der Waals surface area contributed by atoms with E-state index in [9.17, 15) is 9.59 Å². The number of nitrogens with zero attached hydrogens (tertiary/aromatic N) is 1. The van der Waals surface area contributed by atoms with Gasteiger partial charge in [0.1, 0.15) is 6.04 Å². The largest absolute Gasteiger partial charge is 0.480 e. The number of carboxylic acids is 1. The van der Waals surface area contributed by atoms with Crippen LogP contribution in [0, 0.1) is 17.8 Å². The fourth-order valence-corrected chi connectivity index (χ4v) is 2.20. The van der Waals surface area contributed by atoms with Gasteiger partial charge in [-0.3, -0.25) is 0 Å². The minimum Gasteiger partial charge on any atom is -0.480 e. The molecular weight excluding hydrogens is 244 g/mol. The molecule has 5 heteroatoms. The molecule has 19 heavy (non-hydrogen) atoms. The highest BCUT2D eigenvalue weighted by atomic mass is 16.4. The maximum atomic E-state index is 12.2. The van der Waals surface area contributed by atoms with Gasteiger partial charge in [0.05, 0.1) is 0 Å². The van der Waals surface area contributed by atoms with Crippen molar-refractivity contribution < 1.29 is 14.7 Å². The number of aliphatic carboxylic acids is 1. The average molecular weight is 268 g/mol. The molecular formula is C14H24N2O3. The Hall–Kier alpha value is -1.26. The first-order valence-corrected chi connectivity index (χ1v) is 7.25. The third-order valence-electron chi connectivity index (χ3n) is 3.85. The normalized spacial score (nSPS) is 20.2. The predicted octanol–water partition coefficient (Wildman–Crippen LogP) is 1.93. The van der Waals surface area contributed by atoms with Crippen LogP contribution in [0.5, 0.6) is 0 Å². The van der Waals surface area contributed by atoms with Crippen LogP contribution in [0.1, 0.15) is 39.5 Å². The van der Waals surface area contributed by atoms with E-state index in [0.29, 0.717) is 11.8 Å². The fourth-order valence-electron chi connectivity index (χ4n) is 2.20. The van der Waals surface area contributed by atoms with Gasteiger partial charge < -0.3 is 15.3 Å². The molecule has 0 aromatic carbocycles. The van der Waals surface area contributed by atoms with Crippen LogP contribution in [0.2, 0.25) is 0 Å². The van der Waals surface area contributed by atoms with E-state index < -0.39 is 12.0 Å². The lowest BCUT2D eigenvalue weighted by molar-refractivity contribution is -0.140. The molecule has 0 aromatic rings. The Bertz CT molecular complexity index is 335. The van der Waals surface area contributed by atoms with Crippen molar-refractivity contribution in [2.45, 2.75) is 45.6 Å². The van der Waals surface area contributed by atoms with Crippen LogP contribution < -0.4 is 5.32 Å². The summed E-state index contributed by atoms with van der Waals surface area (Å²) in [6, 6.07) is -1.01. The van der Waals surface area contributed by atoms with E-state index in [4.69, 9.17) is 5.11 Å². The number of nitrogens with one attached hydrogen (secondary N) is 1. The molecule has 5 nitrogen and oxygen atoms in total. The third-order valence-corrected chi connectivity index (χ3v) is 3.85. The van der Waals surface area contributed by atoms with Crippen molar-refractivity contribution in [2.75, 3.05) is 13.1 Å². The lowest BCUT2D eigenvalue weighted by atomic mass is 10.1. The molecule has 0 radical (unpaired) electrons. The van der Waals surface area contributed by atoms with E-state index >= 15 is 0 Å². The maximum absolute atomic E-state index is 12.2. The standard InChI is InChI=1S/C14H24N2O3/c1-9(2)12(13(17)18)15-14(19)16(7-10-3-4-10)8-11-5-6-11/h9-12H,3-8H2,1-2H3,(H,15,19)(H,17,18). The van der Waals surface area contributed by atoms with Crippen LogP contribution in [-0.2, 0) is 4.79 Å². The molecule has 0 bridgehead atoms. The summed E-state index contributed by atoms with van der Waals surface area (Å²) in [5, 5.41) is 11.8. The van der Waals surface area contributed by atoms with Crippen molar-refractivity contribution in [3.05, 3.63) is 0 Å². The van der Waals surface area contributed by atoms with Gasteiger partial charge in [0, 0.05) is 13.1 Å². The summed E-state index contributed by atoms with van der Waals surface area (Å²) in [4.78, 5) is 25.2. The summed E-state index contributed by atoms with van der Waals surface area (Å²) in [5.74, 6) is 0.199. The Kier molecular flexibility index (Phi) is 4.32. The second-order valence-corrected chi connectivity index (χ2v) is 6.30. The highest BCUT2D eigenvalue weighted by molar-refractivity contribution is 5.82. The molecule has 0 aromatic heterocycles. The van der Waals surface area contributed by atoms with Gasteiger partial charge in [0.25, 0.3) is 0 Å². The molecule has 2 fully saturated rings. The zero-order valence-corrected chi connectivity index (χ0v) is 11.8. The zero-order chi connectivity index (χ0) is 14.0. The van der Waals surface area contributed by atoms with Crippen molar-refractivity contribution in [1.82, 2.24) is 10.2 Å². The summed E-state index contributed by atoms with van der Waals surface area (Å²) in [6.07, 6.45) is 4.78. The van der Waals surface area contributed by atoms with E-state index in [2.05, 4.69) is 5.32 Å². The molecule has 0 aliphatic heterocycles. The van der Waals surface area contributed by atoms with Crippen molar-refractivity contribution >= 4 is 12.0 Å². The van der Waals surface area contributed by atoms with Gasteiger partial charge in [-0.1, -0.05) is 13.8 Å². The van der Waals surface area contributed by atoms with E-state index in [1.165, 1.54) is 25.7 Å². The lowest BCUT2D eigenvalue weighted by Crippen LogP contribution is -2.51. The molecule has 2 amide bonds. The SMILES string of the molecule is CC(C)C(NC(=O)N(CC1CC1)CC1CC1)C(=O)O. The van der Waals surface area contributed by atoms with E-state index in [1.807, 2.05) is 18.7 Å². The van der Waals surface area contributed by atoms with E-state index in [-0.39, 0.29) is 11.9 Å². The van der Waals surface area contributed by atoms with Crippen molar-refractivity contribution in [2.24, 2.45) is 17.8 Å². The van der Waals surface area contributed by atoms with E-state index in [1.54, 1.807) is 0 Å². The van der Waals surface area contributed by atoms with Gasteiger partial charge in [0.2, 0.25) is 0 Å². The molecule has 0 spiro atoms. The highest BCUT2D eigenvalue weighted by Crippen LogP contribution is 2.33. The molecule has 108 valence electrons. The third kappa shape index (κ3) is 4.40. The quantitative estimate of drug-likeness (QED) is 0.741. The molecule has 2 aliphatic rings. The van der Waals surface area contributed by atoms with Crippen LogP contribution in [0.4, 0.5) is 4.79 Å². The summed E-state index contributed by atoms with van der Waals surface area (Å²) in [7, 11) is 0. The summed E-state index contributed by atoms with van der Waals surface area (Å²) >= 11 is 0. The first-order valence-electron chi connectivity index (χ1n) is 7.25. The molecule has 0 saturated heterocycles. The van der Waals surface area contributed by atoms with Gasteiger partial charge in [0.15, 0.2) is 0 Å². The summed E-state index contributed by atoms with van der Waals surface area (Å²) in [5.41, 5.74) is 0. The minimum absolute atomic E-state index is 0.106. The number of amides is 2. The molecule has 0 heterocycles. The monoisotopic (exact) mass is 268 g/mol. The maximum Gasteiger partial charge on any atom is 0.326 e. The first kappa shape index (κ1) is 14.2. The van der Waals surface area contributed by atoms with Crippen LogP contribution in [-0.4, -0.2) is 41.1 Å². The lowest BCUT2D eigenvalue weighted by Gasteiger charge is -2.26. The fraction of sp³-hybridized carbons (Fsp3) is 0.857. The Labute approximate surface area is 114 Å². The average Bonchev–Trinajstić information content (AvgIpc) is 3.17. The van der Waals surface area contributed by atoms with Gasteiger partial charge in [-0.15, -0.1) is 0 Å². The minimum atomic E-state index is -0.957. The molecule has 2 aliphatic carbocycles. The van der Waals surface area contributed by atoms with Crippen molar-refractivity contribution in [3.8, 4) is 0 Å². The Morgan fingerprint density at radius 1 is 1.16 bits per heavy atom. The van der Waals surface area contributed by atoms with Crippen LogP contribution in [0.15, 0.2) is 0 Å². The number of carboxylic acid groups (broad SMARTS) is 1. The number of hydrogen-bond donors (Lipinski definition) is 2. The second kappa shape index (κ2) is 5.80. The highest BCUT2D eigenvalue weighted by Gasteiger charge is 2.33. The Morgan fingerprint density at radius 3 is 1.95 bits per heavy atom. The number of carbonyl (C=O) groups excluding carboxylic acids is 1. The van der Waals surface area contributed by atoms with Crippen molar-refractivity contribution in [3.63, 3.8) is 0 Å². The molecule has 2 N–H and O–H groups in total.